The van der Waals surface area contributed by atoms with Gasteiger partial charge in [0.2, 0.25) is 6.10 Å². The van der Waals surface area contributed by atoms with E-state index in [4.69, 9.17) is 20.8 Å². The second-order valence-corrected chi connectivity index (χ2v) is 3.80. The zero-order valence-corrected chi connectivity index (χ0v) is 9.13. The van der Waals surface area contributed by atoms with Crippen LogP contribution in [0.25, 0.3) is 0 Å². The third-order valence-corrected chi connectivity index (χ3v) is 2.73. The summed E-state index contributed by atoms with van der Waals surface area (Å²) in [6.07, 6.45) is -1.26. The van der Waals surface area contributed by atoms with E-state index in [2.05, 4.69) is 0 Å². The van der Waals surface area contributed by atoms with E-state index >= 15 is 0 Å². The molecule has 1 heterocycles. The molecule has 0 aromatic heterocycles. The standard InChI is InChI=1S/C12H9FN2O3/c13-7-3-1-6(2-4-7)9-8(5-14)11(15)18-10(9)12(16)17/h1-4,9-10H,15H2,(H,16,17)/t9-,10-/m1/s1. The molecule has 0 amide bonds. The lowest BCUT2D eigenvalue weighted by atomic mass is 9.88. The van der Waals surface area contributed by atoms with Crippen molar-refractivity contribution in [1.82, 2.24) is 0 Å². The second-order valence-electron chi connectivity index (χ2n) is 3.80. The van der Waals surface area contributed by atoms with Crippen molar-refractivity contribution in [2.45, 2.75) is 12.0 Å². The van der Waals surface area contributed by atoms with E-state index in [0.717, 1.165) is 0 Å². The number of nitrogens with two attached hydrogens (primary N) is 1. The molecule has 6 heteroatoms. The van der Waals surface area contributed by atoms with Gasteiger partial charge >= 0.3 is 5.97 Å². The number of nitriles is 1. The van der Waals surface area contributed by atoms with Gasteiger partial charge in [-0.2, -0.15) is 5.26 Å². The lowest BCUT2D eigenvalue weighted by molar-refractivity contribution is -0.147. The fourth-order valence-electron chi connectivity index (χ4n) is 1.90. The Morgan fingerprint density at radius 3 is 2.56 bits per heavy atom. The number of hydrogen-bond acceptors (Lipinski definition) is 4. The van der Waals surface area contributed by atoms with Crippen molar-refractivity contribution in [3.05, 3.63) is 47.1 Å². The molecule has 2 rings (SSSR count). The Kier molecular flexibility index (Phi) is 2.90. The Bertz CT molecular complexity index is 560. The highest BCUT2D eigenvalue weighted by Crippen LogP contribution is 2.37. The largest absolute Gasteiger partial charge is 0.478 e. The van der Waals surface area contributed by atoms with Crippen LogP contribution in [-0.4, -0.2) is 17.2 Å². The molecule has 1 aliphatic heterocycles. The monoisotopic (exact) mass is 248 g/mol. The number of carboxylic acids is 1. The Morgan fingerprint density at radius 2 is 2.06 bits per heavy atom. The summed E-state index contributed by atoms with van der Waals surface area (Å²) in [7, 11) is 0. The number of aliphatic carboxylic acids is 1. The van der Waals surface area contributed by atoms with Gasteiger partial charge in [0.05, 0.1) is 5.92 Å². The summed E-state index contributed by atoms with van der Waals surface area (Å²) < 4.78 is 17.8. The summed E-state index contributed by atoms with van der Waals surface area (Å²) in [5, 5.41) is 18.0. The van der Waals surface area contributed by atoms with E-state index in [-0.39, 0.29) is 11.5 Å². The Hall–Kier alpha value is -2.55. The highest BCUT2D eigenvalue weighted by Gasteiger charge is 2.42. The SMILES string of the molecule is N#CC1=C(N)O[C@@H](C(=O)O)[C@@H]1c1ccc(F)cc1. The molecule has 0 bridgehead atoms. The minimum Gasteiger partial charge on any atom is -0.478 e. The van der Waals surface area contributed by atoms with Gasteiger partial charge in [-0.15, -0.1) is 0 Å². The van der Waals surface area contributed by atoms with Gasteiger partial charge in [0.15, 0.2) is 5.88 Å². The molecule has 0 saturated carbocycles. The van der Waals surface area contributed by atoms with Crippen LogP contribution < -0.4 is 5.73 Å². The fraction of sp³-hybridized carbons (Fsp3) is 0.167. The molecule has 0 spiro atoms. The number of ether oxygens (including phenoxy) is 1. The van der Waals surface area contributed by atoms with Crippen LogP contribution >= 0.6 is 0 Å². The predicted molar refractivity (Wildman–Crippen MR) is 58.5 cm³/mol. The van der Waals surface area contributed by atoms with Gasteiger partial charge in [0, 0.05) is 0 Å². The molecule has 0 aliphatic carbocycles. The van der Waals surface area contributed by atoms with Gasteiger partial charge in [0.25, 0.3) is 0 Å². The van der Waals surface area contributed by atoms with E-state index in [0.29, 0.717) is 5.56 Å². The van der Waals surface area contributed by atoms with Crippen molar-refractivity contribution in [2.24, 2.45) is 5.73 Å². The lowest BCUT2D eigenvalue weighted by Crippen LogP contribution is -2.27. The molecule has 2 atom stereocenters. The molecule has 0 saturated heterocycles. The molecule has 1 aromatic carbocycles. The number of benzene rings is 1. The van der Waals surface area contributed by atoms with E-state index in [1.165, 1.54) is 24.3 Å². The molecule has 0 fully saturated rings. The fourth-order valence-corrected chi connectivity index (χ4v) is 1.90. The van der Waals surface area contributed by atoms with Crippen molar-refractivity contribution in [1.29, 1.82) is 5.26 Å². The van der Waals surface area contributed by atoms with Gasteiger partial charge < -0.3 is 15.6 Å². The van der Waals surface area contributed by atoms with E-state index in [9.17, 15) is 9.18 Å². The molecule has 1 aliphatic rings. The first kappa shape index (κ1) is 11.9. The summed E-state index contributed by atoms with van der Waals surface area (Å²) in [5.41, 5.74) is 6.00. The van der Waals surface area contributed by atoms with E-state index in [1.807, 2.05) is 6.07 Å². The Balaban J connectivity index is 2.47. The number of rotatable bonds is 2. The first-order valence-corrected chi connectivity index (χ1v) is 5.09. The van der Waals surface area contributed by atoms with Crippen molar-refractivity contribution in [3.8, 4) is 6.07 Å². The number of carbonyl (C=O) groups is 1. The number of carboxylic acid groups (broad SMARTS) is 1. The van der Waals surface area contributed by atoms with Crippen LogP contribution in [0.1, 0.15) is 11.5 Å². The average Bonchev–Trinajstić information content (AvgIpc) is 2.67. The summed E-state index contributed by atoms with van der Waals surface area (Å²) in [6, 6.07) is 7.04. The average molecular weight is 248 g/mol. The zero-order valence-electron chi connectivity index (χ0n) is 9.13. The molecular weight excluding hydrogens is 239 g/mol. The minimum absolute atomic E-state index is 0.0500. The Labute approximate surface area is 102 Å². The molecule has 0 unspecified atom stereocenters. The molecule has 3 N–H and O–H groups in total. The zero-order chi connectivity index (χ0) is 13.3. The van der Waals surface area contributed by atoms with Crippen LogP contribution in [-0.2, 0) is 9.53 Å². The summed E-state index contributed by atoms with van der Waals surface area (Å²) >= 11 is 0. The molecule has 0 radical (unpaired) electrons. The van der Waals surface area contributed by atoms with Crippen LogP contribution in [0, 0.1) is 17.1 Å². The van der Waals surface area contributed by atoms with Crippen molar-refractivity contribution < 1.29 is 19.0 Å². The molecule has 5 nitrogen and oxygen atoms in total. The normalized spacial score (nSPS) is 22.4. The quantitative estimate of drug-likeness (QED) is 0.816. The number of hydrogen-bond donors (Lipinski definition) is 2. The van der Waals surface area contributed by atoms with Crippen LogP contribution in [0.4, 0.5) is 4.39 Å². The highest BCUT2D eigenvalue weighted by atomic mass is 19.1. The molecule has 92 valence electrons. The van der Waals surface area contributed by atoms with Crippen LogP contribution in [0.2, 0.25) is 0 Å². The second kappa shape index (κ2) is 4.37. The topological polar surface area (TPSA) is 96.3 Å². The van der Waals surface area contributed by atoms with Gasteiger partial charge in [-0.05, 0) is 17.7 Å². The third kappa shape index (κ3) is 1.86. The van der Waals surface area contributed by atoms with E-state index in [1.54, 1.807) is 0 Å². The van der Waals surface area contributed by atoms with Crippen LogP contribution in [0.5, 0.6) is 0 Å². The lowest BCUT2D eigenvalue weighted by Gasteiger charge is -2.15. The number of halogens is 1. The summed E-state index contributed by atoms with van der Waals surface area (Å²) in [6.45, 7) is 0. The van der Waals surface area contributed by atoms with Crippen molar-refractivity contribution in [2.75, 3.05) is 0 Å². The summed E-state index contributed by atoms with van der Waals surface area (Å²) in [4.78, 5) is 11.1. The smallest absolute Gasteiger partial charge is 0.346 e. The maximum Gasteiger partial charge on any atom is 0.346 e. The third-order valence-electron chi connectivity index (χ3n) is 2.73. The predicted octanol–water partition coefficient (Wildman–Crippen LogP) is 1.09. The van der Waals surface area contributed by atoms with Gasteiger partial charge in [-0.25, -0.2) is 9.18 Å². The maximum absolute atomic E-state index is 12.8. The maximum atomic E-state index is 12.8. The van der Waals surface area contributed by atoms with Gasteiger partial charge in [0.1, 0.15) is 17.5 Å². The van der Waals surface area contributed by atoms with Gasteiger partial charge in [-0.3, -0.25) is 0 Å². The van der Waals surface area contributed by atoms with Crippen LogP contribution in [0.3, 0.4) is 0 Å². The van der Waals surface area contributed by atoms with Crippen molar-refractivity contribution >= 4 is 5.97 Å². The Morgan fingerprint density at radius 1 is 1.44 bits per heavy atom. The van der Waals surface area contributed by atoms with Crippen LogP contribution in [0.15, 0.2) is 35.7 Å². The molecular formula is C12H9FN2O3. The summed E-state index contributed by atoms with van der Waals surface area (Å²) in [5.74, 6) is -2.68. The highest BCUT2D eigenvalue weighted by molar-refractivity contribution is 5.76. The first-order chi connectivity index (χ1) is 8.54. The number of nitrogens with zero attached hydrogens (tertiary/aromatic N) is 1. The molecule has 1 aromatic rings. The minimum atomic E-state index is -1.26. The first-order valence-electron chi connectivity index (χ1n) is 5.09. The van der Waals surface area contributed by atoms with Crippen molar-refractivity contribution in [3.63, 3.8) is 0 Å². The van der Waals surface area contributed by atoms with Gasteiger partial charge in [-0.1, -0.05) is 12.1 Å². The van der Waals surface area contributed by atoms with E-state index < -0.39 is 23.8 Å². The molecule has 18 heavy (non-hydrogen) atoms.